The Labute approximate surface area is 149 Å². The first-order chi connectivity index (χ1) is 11.5. The van der Waals surface area contributed by atoms with E-state index in [4.69, 9.17) is 28.5 Å². The van der Waals surface area contributed by atoms with Gasteiger partial charge in [0.1, 0.15) is 5.82 Å². The molecule has 0 saturated carbocycles. The fourth-order valence-corrected chi connectivity index (χ4v) is 2.60. The van der Waals surface area contributed by atoms with E-state index in [9.17, 15) is 9.18 Å². The van der Waals surface area contributed by atoms with E-state index < -0.39 is 11.7 Å². The third kappa shape index (κ3) is 4.14. The molecule has 0 bridgehead atoms. The highest BCUT2D eigenvalue weighted by Crippen LogP contribution is 2.26. The quantitative estimate of drug-likeness (QED) is 0.564. The predicted molar refractivity (Wildman–Crippen MR) is 92.5 cm³/mol. The van der Waals surface area contributed by atoms with Gasteiger partial charge in [-0.15, -0.1) is 6.58 Å². The van der Waals surface area contributed by atoms with Crippen LogP contribution in [0.15, 0.2) is 49.1 Å². The van der Waals surface area contributed by atoms with Crippen LogP contribution in [0.5, 0.6) is 0 Å². The number of hydrogen-bond acceptors (Lipinski definition) is 2. The van der Waals surface area contributed by atoms with Gasteiger partial charge in [-0.25, -0.2) is 4.39 Å². The van der Waals surface area contributed by atoms with Crippen molar-refractivity contribution in [3.8, 4) is 6.07 Å². The van der Waals surface area contributed by atoms with Crippen LogP contribution >= 0.6 is 23.2 Å². The summed E-state index contributed by atoms with van der Waals surface area (Å²) in [5, 5.41) is 8.77. The van der Waals surface area contributed by atoms with E-state index in [0.717, 1.165) is 11.6 Å². The molecule has 0 aliphatic carbocycles. The normalized spacial score (nSPS) is 10.1. The Kier molecular flexibility index (Phi) is 5.97. The van der Waals surface area contributed by atoms with Gasteiger partial charge >= 0.3 is 0 Å². The number of nitrogens with zero attached hydrogens (tertiary/aromatic N) is 2. The zero-order valence-corrected chi connectivity index (χ0v) is 14.1. The van der Waals surface area contributed by atoms with Crippen LogP contribution in [0.25, 0.3) is 0 Å². The van der Waals surface area contributed by atoms with Crippen molar-refractivity contribution in [2.75, 3.05) is 6.54 Å². The van der Waals surface area contributed by atoms with Gasteiger partial charge in [-0.05, 0) is 29.8 Å². The summed E-state index contributed by atoms with van der Waals surface area (Å²) in [5.74, 6) is -1.14. The van der Waals surface area contributed by atoms with Gasteiger partial charge in [0.25, 0.3) is 5.91 Å². The van der Waals surface area contributed by atoms with Crippen molar-refractivity contribution in [2.45, 2.75) is 6.54 Å². The molecule has 0 aromatic heterocycles. The lowest BCUT2D eigenvalue weighted by Gasteiger charge is -2.22. The molecular weight excluding hydrogens is 350 g/mol. The molecule has 0 radical (unpaired) electrons. The number of halogens is 3. The highest BCUT2D eigenvalue weighted by molar-refractivity contribution is 6.36. The second-order valence-corrected chi connectivity index (χ2v) is 5.84. The SMILES string of the molecule is C=CCN(Cc1ccc(C#N)cc1)C(=O)c1cc(F)c(Cl)cc1Cl. The molecule has 6 heteroatoms. The van der Waals surface area contributed by atoms with Gasteiger partial charge in [-0.2, -0.15) is 5.26 Å². The Morgan fingerprint density at radius 3 is 2.50 bits per heavy atom. The van der Waals surface area contributed by atoms with Crippen molar-refractivity contribution in [3.63, 3.8) is 0 Å². The van der Waals surface area contributed by atoms with Crippen molar-refractivity contribution < 1.29 is 9.18 Å². The molecule has 24 heavy (non-hydrogen) atoms. The molecule has 0 fully saturated rings. The summed E-state index contributed by atoms with van der Waals surface area (Å²) in [5.41, 5.74) is 1.40. The smallest absolute Gasteiger partial charge is 0.256 e. The van der Waals surface area contributed by atoms with E-state index in [1.807, 2.05) is 6.07 Å². The minimum atomic E-state index is -0.707. The van der Waals surface area contributed by atoms with Crippen LogP contribution in [0, 0.1) is 17.1 Å². The van der Waals surface area contributed by atoms with Gasteiger partial charge < -0.3 is 4.90 Å². The minimum Gasteiger partial charge on any atom is -0.331 e. The van der Waals surface area contributed by atoms with Crippen molar-refractivity contribution in [3.05, 3.63) is 81.6 Å². The van der Waals surface area contributed by atoms with E-state index in [1.165, 1.54) is 11.0 Å². The molecule has 0 unspecified atom stereocenters. The average Bonchev–Trinajstić information content (AvgIpc) is 2.58. The third-order valence-electron chi connectivity index (χ3n) is 3.33. The topological polar surface area (TPSA) is 44.1 Å². The average molecular weight is 363 g/mol. The monoisotopic (exact) mass is 362 g/mol. The van der Waals surface area contributed by atoms with E-state index in [-0.39, 0.29) is 28.7 Å². The van der Waals surface area contributed by atoms with Crippen molar-refractivity contribution in [2.24, 2.45) is 0 Å². The number of hydrogen-bond donors (Lipinski definition) is 0. The van der Waals surface area contributed by atoms with E-state index in [1.54, 1.807) is 30.3 Å². The fraction of sp³-hybridized carbons (Fsp3) is 0.111. The molecule has 0 spiro atoms. The first-order valence-corrected chi connectivity index (χ1v) is 7.75. The molecule has 122 valence electrons. The maximum absolute atomic E-state index is 13.7. The number of amides is 1. The highest BCUT2D eigenvalue weighted by Gasteiger charge is 2.20. The van der Waals surface area contributed by atoms with Gasteiger partial charge in [0.2, 0.25) is 0 Å². The minimum absolute atomic E-state index is 0.0362. The number of carbonyl (C=O) groups excluding carboxylic acids is 1. The van der Waals surface area contributed by atoms with Crippen LogP contribution in [0.4, 0.5) is 4.39 Å². The molecule has 0 saturated heterocycles. The summed E-state index contributed by atoms with van der Waals surface area (Å²) < 4.78 is 13.7. The Balaban J connectivity index is 2.29. The predicted octanol–water partition coefficient (Wildman–Crippen LogP) is 4.83. The van der Waals surface area contributed by atoms with Crippen molar-refractivity contribution in [1.29, 1.82) is 5.26 Å². The maximum atomic E-state index is 13.7. The van der Waals surface area contributed by atoms with Crippen LogP contribution in [-0.2, 0) is 6.54 Å². The van der Waals surface area contributed by atoms with Crippen molar-refractivity contribution >= 4 is 29.1 Å². The van der Waals surface area contributed by atoms with Crippen LogP contribution in [-0.4, -0.2) is 17.4 Å². The number of benzene rings is 2. The standard InChI is InChI=1S/C18H13Cl2FN2O/c1-2-7-23(11-13-5-3-12(10-22)4-6-13)18(24)14-8-17(21)16(20)9-15(14)19/h2-6,8-9H,1,7,11H2. The Morgan fingerprint density at radius 2 is 1.92 bits per heavy atom. The lowest BCUT2D eigenvalue weighted by Crippen LogP contribution is -2.31. The molecule has 2 aromatic rings. The lowest BCUT2D eigenvalue weighted by atomic mass is 10.1. The van der Waals surface area contributed by atoms with Gasteiger partial charge in [0, 0.05) is 13.1 Å². The van der Waals surface area contributed by atoms with Gasteiger partial charge in [0.15, 0.2) is 0 Å². The van der Waals surface area contributed by atoms with E-state index in [2.05, 4.69) is 6.58 Å². The van der Waals surface area contributed by atoms with Crippen LogP contribution < -0.4 is 0 Å². The molecular formula is C18H13Cl2FN2O. The summed E-state index contributed by atoms with van der Waals surface area (Å²) in [6, 6.07) is 11.1. The molecule has 2 aromatic carbocycles. The summed E-state index contributed by atoms with van der Waals surface area (Å²) in [6.07, 6.45) is 1.57. The summed E-state index contributed by atoms with van der Waals surface area (Å²) in [7, 11) is 0. The number of rotatable bonds is 5. The first-order valence-electron chi connectivity index (χ1n) is 7.00. The van der Waals surface area contributed by atoms with E-state index in [0.29, 0.717) is 5.56 Å². The van der Waals surface area contributed by atoms with Crippen LogP contribution in [0.1, 0.15) is 21.5 Å². The zero-order valence-electron chi connectivity index (χ0n) is 12.6. The molecule has 1 amide bonds. The highest BCUT2D eigenvalue weighted by atomic mass is 35.5. The number of nitriles is 1. The Hall–Kier alpha value is -2.35. The summed E-state index contributed by atoms with van der Waals surface area (Å²) >= 11 is 11.7. The second kappa shape index (κ2) is 7.96. The fourth-order valence-electron chi connectivity index (χ4n) is 2.14. The Morgan fingerprint density at radius 1 is 1.25 bits per heavy atom. The summed E-state index contributed by atoms with van der Waals surface area (Å²) in [4.78, 5) is 14.2. The third-order valence-corrected chi connectivity index (χ3v) is 3.94. The molecule has 2 rings (SSSR count). The van der Waals surface area contributed by atoms with Crippen LogP contribution in [0.2, 0.25) is 10.0 Å². The molecule has 0 atom stereocenters. The Bertz CT molecular complexity index is 813. The second-order valence-electron chi connectivity index (χ2n) is 5.03. The molecule has 3 nitrogen and oxygen atoms in total. The van der Waals surface area contributed by atoms with Gasteiger partial charge in [-0.3, -0.25) is 4.79 Å². The largest absolute Gasteiger partial charge is 0.331 e. The lowest BCUT2D eigenvalue weighted by molar-refractivity contribution is 0.0762. The molecule has 0 aliphatic rings. The first kappa shape index (κ1) is 18.0. The zero-order chi connectivity index (χ0) is 17.7. The summed E-state index contributed by atoms with van der Waals surface area (Å²) in [6.45, 7) is 4.17. The molecule has 0 heterocycles. The molecule has 0 aliphatic heterocycles. The van der Waals surface area contributed by atoms with E-state index >= 15 is 0 Å². The van der Waals surface area contributed by atoms with Gasteiger partial charge in [-0.1, -0.05) is 41.4 Å². The maximum Gasteiger partial charge on any atom is 0.256 e. The van der Waals surface area contributed by atoms with Crippen LogP contribution in [0.3, 0.4) is 0 Å². The number of carbonyl (C=O) groups is 1. The molecule has 0 N–H and O–H groups in total. The van der Waals surface area contributed by atoms with Crippen molar-refractivity contribution in [1.82, 2.24) is 4.90 Å². The van der Waals surface area contributed by atoms with Gasteiger partial charge in [0.05, 0.1) is 27.2 Å².